The molecule has 0 radical (unpaired) electrons. The highest BCUT2D eigenvalue weighted by Crippen LogP contribution is 2.27. The van der Waals surface area contributed by atoms with E-state index in [9.17, 15) is 0 Å². The van der Waals surface area contributed by atoms with E-state index in [1.54, 1.807) is 6.20 Å². The Morgan fingerprint density at radius 2 is 1.89 bits per heavy atom. The van der Waals surface area contributed by atoms with Crippen LogP contribution < -0.4 is 10.5 Å². The molecule has 0 unspecified atom stereocenters. The Labute approximate surface area is 107 Å². The molecule has 0 saturated carbocycles. The Bertz CT molecular complexity index is 552. The van der Waals surface area contributed by atoms with Gasteiger partial charge < -0.3 is 10.5 Å². The van der Waals surface area contributed by atoms with Gasteiger partial charge in [0.2, 0.25) is 0 Å². The van der Waals surface area contributed by atoms with Gasteiger partial charge in [-0.3, -0.25) is 0 Å². The van der Waals surface area contributed by atoms with E-state index in [4.69, 9.17) is 10.5 Å². The van der Waals surface area contributed by atoms with Gasteiger partial charge in [0.05, 0.1) is 0 Å². The van der Waals surface area contributed by atoms with Crippen LogP contribution in [0.3, 0.4) is 0 Å². The molecule has 1 aromatic carbocycles. The van der Waals surface area contributed by atoms with Gasteiger partial charge in [-0.05, 0) is 36.1 Å². The number of anilines is 1. The fraction of sp³-hybridized carbons (Fsp3) is 0.286. The standard InChI is InChI=1S/C14H17N3O/c1-9(2)12-5-4-11(8-10(12)3)18-14-13(15)16-6-7-17-14/h4-9H,1-3H3,(H2,15,16). The maximum absolute atomic E-state index is 5.69. The summed E-state index contributed by atoms with van der Waals surface area (Å²) in [6.07, 6.45) is 3.09. The number of nitrogens with two attached hydrogens (primary N) is 1. The highest BCUT2D eigenvalue weighted by atomic mass is 16.5. The van der Waals surface area contributed by atoms with Crippen LogP contribution in [-0.2, 0) is 0 Å². The van der Waals surface area contributed by atoms with E-state index < -0.39 is 0 Å². The van der Waals surface area contributed by atoms with E-state index in [1.165, 1.54) is 17.3 Å². The molecular weight excluding hydrogens is 226 g/mol. The molecule has 0 bridgehead atoms. The van der Waals surface area contributed by atoms with Crippen LogP contribution in [0.1, 0.15) is 30.9 Å². The fourth-order valence-electron chi connectivity index (χ4n) is 1.89. The predicted molar refractivity (Wildman–Crippen MR) is 71.8 cm³/mol. The van der Waals surface area contributed by atoms with Crippen molar-refractivity contribution in [3.63, 3.8) is 0 Å². The Kier molecular flexibility index (Phi) is 3.46. The molecule has 0 amide bonds. The molecule has 2 aromatic rings. The van der Waals surface area contributed by atoms with Crippen LogP contribution in [0.15, 0.2) is 30.6 Å². The zero-order valence-electron chi connectivity index (χ0n) is 10.8. The summed E-state index contributed by atoms with van der Waals surface area (Å²) in [5.41, 5.74) is 8.20. The quantitative estimate of drug-likeness (QED) is 0.898. The second kappa shape index (κ2) is 5.04. The lowest BCUT2D eigenvalue weighted by molar-refractivity contribution is 0.462. The average molecular weight is 243 g/mol. The van der Waals surface area contributed by atoms with Crippen molar-refractivity contribution >= 4 is 5.82 Å². The largest absolute Gasteiger partial charge is 0.436 e. The van der Waals surface area contributed by atoms with Crippen molar-refractivity contribution in [3.8, 4) is 11.6 Å². The van der Waals surface area contributed by atoms with Crippen LogP contribution in [0.5, 0.6) is 11.6 Å². The van der Waals surface area contributed by atoms with Crippen molar-refractivity contribution in [2.75, 3.05) is 5.73 Å². The van der Waals surface area contributed by atoms with Gasteiger partial charge in [-0.1, -0.05) is 19.9 Å². The van der Waals surface area contributed by atoms with Gasteiger partial charge in [0, 0.05) is 12.4 Å². The first-order valence-corrected chi connectivity index (χ1v) is 5.93. The number of nitrogens with zero attached hydrogens (tertiary/aromatic N) is 2. The highest BCUT2D eigenvalue weighted by Gasteiger charge is 2.07. The van der Waals surface area contributed by atoms with Crippen LogP contribution in [0.4, 0.5) is 5.82 Å². The fourth-order valence-corrected chi connectivity index (χ4v) is 1.89. The number of ether oxygens (including phenoxy) is 1. The molecular formula is C14H17N3O. The molecule has 0 saturated heterocycles. The summed E-state index contributed by atoms with van der Waals surface area (Å²) in [4.78, 5) is 7.98. The van der Waals surface area contributed by atoms with Crippen molar-refractivity contribution in [1.82, 2.24) is 9.97 Å². The molecule has 1 heterocycles. The monoisotopic (exact) mass is 243 g/mol. The zero-order valence-corrected chi connectivity index (χ0v) is 10.8. The number of hydrogen-bond donors (Lipinski definition) is 1. The SMILES string of the molecule is Cc1cc(Oc2nccnc2N)ccc1C(C)C. The Morgan fingerprint density at radius 3 is 2.50 bits per heavy atom. The van der Waals surface area contributed by atoms with Crippen molar-refractivity contribution < 1.29 is 4.74 Å². The summed E-state index contributed by atoms with van der Waals surface area (Å²) in [5.74, 6) is 1.86. The van der Waals surface area contributed by atoms with Gasteiger partial charge in [-0.2, -0.15) is 0 Å². The zero-order chi connectivity index (χ0) is 13.1. The van der Waals surface area contributed by atoms with Gasteiger partial charge in [0.1, 0.15) is 5.75 Å². The molecule has 1 aromatic heterocycles. The summed E-state index contributed by atoms with van der Waals surface area (Å²) in [6, 6.07) is 5.99. The van der Waals surface area contributed by atoms with Crippen molar-refractivity contribution in [2.45, 2.75) is 26.7 Å². The highest BCUT2D eigenvalue weighted by molar-refractivity contribution is 5.44. The minimum Gasteiger partial charge on any atom is -0.436 e. The molecule has 2 rings (SSSR count). The van der Waals surface area contributed by atoms with Crippen LogP contribution in [0.25, 0.3) is 0 Å². The molecule has 0 aliphatic heterocycles. The molecule has 94 valence electrons. The number of benzene rings is 1. The molecule has 0 fully saturated rings. The van der Waals surface area contributed by atoms with Crippen molar-refractivity contribution in [3.05, 3.63) is 41.7 Å². The minimum absolute atomic E-state index is 0.295. The number of aryl methyl sites for hydroxylation is 1. The number of nitrogen functional groups attached to an aromatic ring is 1. The van der Waals surface area contributed by atoms with E-state index in [-0.39, 0.29) is 0 Å². The molecule has 4 heteroatoms. The Hall–Kier alpha value is -2.10. The maximum Gasteiger partial charge on any atom is 0.262 e. The lowest BCUT2D eigenvalue weighted by atomic mass is 9.98. The topological polar surface area (TPSA) is 61.0 Å². The van der Waals surface area contributed by atoms with Crippen molar-refractivity contribution in [1.29, 1.82) is 0 Å². The molecule has 0 atom stereocenters. The lowest BCUT2D eigenvalue weighted by Gasteiger charge is -2.12. The molecule has 0 spiro atoms. The third kappa shape index (κ3) is 2.59. The van der Waals surface area contributed by atoms with Gasteiger partial charge in [0.15, 0.2) is 5.82 Å². The number of rotatable bonds is 3. The first-order chi connectivity index (χ1) is 8.58. The number of hydrogen-bond acceptors (Lipinski definition) is 4. The molecule has 18 heavy (non-hydrogen) atoms. The first kappa shape index (κ1) is 12.4. The summed E-state index contributed by atoms with van der Waals surface area (Å²) in [6.45, 7) is 6.41. The predicted octanol–water partition coefficient (Wildman–Crippen LogP) is 3.28. The Morgan fingerprint density at radius 1 is 1.17 bits per heavy atom. The lowest BCUT2D eigenvalue weighted by Crippen LogP contribution is -1.98. The van der Waals surface area contributed by atoms with Gasteiger partial charge >= 0.3 is 0 Å². The molecule has 0 aliphatic rings. The van der Waals surface area contributed by atoms with Crippen LogP contribution in [0.2, 0.25) is 0 Å². The third-order valence-electron chi connectivity index (χ3n) is 2.77. The maximum atomic E-state index is 5.69. The molecule has 2 N–H and O–H groups in total. The van der Waals surface area contributed by atoms with Crippen LogP contribution >= 0.6 is 0 Å². The van der Waals surface area contributed by atoms with Crippen molar-refractivity contribution in [2.24, 2.45) is 0 Å². The van der Waals surface area contributed by atoms with Crippen LogP contribution in [-0.4, -0.2) is 9.97 Å². The minimum atomic E-state index is 0.295. The van der Waals surface area contributed by atoms with Gasteiger partial charge in [-0.15, -0.1) is 0 Å². The van der Waals surface area contributed by atoms with E-state index in [2.05, 4.69) is 36.8 Å². The summed E-state index contributed by atoms with van der Waals surface area (Å²) in [7, 11) is 0. The Balaban J connectivity index is 2.26. The summed E-state index contributed by atoms with van der Waals surface area (Å²) >= 11 is 0. The van der Waals surface area contributed by atoms with Gasteiger partial charge in [0.25, 0.3) is 5.88 Å². The smallest absolute Gasteiger partial charge is 0.262 e. The van der Waals surface area contributed by atoms with E-state index in [0.29, 0.717) is 17.6 Å². The normalized spacial score (nSPS) is 10.7. The van der Waals surface area contributed by atoms with Crippen LogP contribution in [0, 0.1) is 6.92 Å². The second-order valence-corrected chi connectivity index (χ2v) is 4.52. The third-order valence-corrected chi connectivity index (χ3v) is 2.77. The first-order valence-electron chi connectivity index (χ1n) is 5.93. The van der Waals surface area contributed by atoms with E-state index >= 15 is 0 Å². The average Bonchev–Trinajstić information content (AvgIpc) is 2.32. The summed E-state index contributed by atoms with van der Waals surface area (Å²) < 4.78 is 5.63. The summed E-state index contributed by atoms with van der Waals surface area (Å²) in [5, 5.41) is 0. The van der Waals surface area contributed by atoms with E-state index in [1.807, 2.05) is 12.1 Å². The van der Waals surface area contributed by atoms with Gasteiger partial charge in [-0.25, -0.2) is 9.97 Å². The second-order valence-electron chi connectivity index (χ2n) is 4.52. The van der Waals surface area contributed by atoms with E-state index in [0.717, 1.165) is 5.75 Å². The molecule has 0 aliphatic carbocycles. The molecule has 4 nitrogen and oxygen atoms in total. The number of aromatic nitrogens is 2.